The minimum atomic E-state index is -4.77. The van der Waals surface area contributed by atoms with E-state index in [2.05, 4.69) is 25.1 Å². The number of carbonyl (C=O) groups excluding carboxylic acids is 2. The van der Waals surface area contributed by atoms with Crippen molar-refractivity contribution in [1.82, 2.24) is 14.8 Å². The molecule has 2 heterocycles. The summed E-state index contributed by atoms with van der Waals surface area (Å²) in [5, 5.41) is 7.32. The summed E-state index contributed by atoms with van der Waals surface area (Å²) in [5.74, 6) is 0.473. The number of amidine groups is 1. The van der Waals surface area contributed by atoms with Gasteiger partial charge in [-0.1, -0.05) is 23.9 Å². The third-order valence-corrected chi connectivity index (χ3v) is 7.35. The summed E-state index contributed by atoms with van der Waals surface area (Å²) in [4.78, 5) is 35.5. The van der Waals surface area contributed by atoms with E-state index < -0.39 is 12.4 Å². The number of aromatic nitrogens is 3. The molecule has 0 saturated carbocycles. The number of thioether (sulfide) groups is 1. The zero-order valence-corrected chi connectivity index (χ0v) is 25.1. The van der Waals surface area contributed by atoms with Crippen LogP contribution in [0.3, 0.4) is 0 Å². The average Bonchev–Trinajstić information content (AvgIpc) is 3.60. The standard InChI is InChI=1S/C30H27F3N6O5S/c1-18-4-5-20(14-42-3)25(12-18)39-27(40)16-45-29(39)36-28(41)35-24-11-10-23(13-19(24)2)43-15-26-34-17-38(37-26)21-6-8-22(9-7-21)44-30(31,32)33/h4-13,17H,14-16H2,1-3H3,(H,35,41). The van der Waals surface area contributed by atoms with Crippen LogP contribution in [0.5, 0.6) is 11.5 Å². The molecule has 5 rings (SSSR count). The highest BCUT2D eigenvalue weighted by molar-refractivity contribution is 8.15. The van der Waals surface area contributed by atoms with Crippen molar-refractivity contribution in [3.63, 3.8) is 0 Å². The first-order valence-corrected chi connectivity index (χ1v) is 14.4. The molecule has 1 N–H and O–H groups in total. The van der Waals surface area contributed by atoms with Gasteiger partial charge in [-0.3, -0.25) is 9.69 Å². The highest BCUT2D eigenvalue weighted by Gasteiger charge is 2.32. The Kier molecular flexibility index (Phi) is 9.39. The Bertz CT molecular complexity index is 1740. The molecule has 0 spiro atoms. The minimum Gasteiger partial charge on any atom is -0.486 e. The van der Waals surface area contributed by atoms with E-state index in [0.29, 0.717) is 40.8 Å². The predicted molar refractivity (Wildman–Crippen MR) is 162 cm³/mol. The van der Waals surface area contributed by atoms with Gasteiger partial charge < -0.3 is 19.5 Å². The lowest BCUT2D eigenvalue weighted by atomic mass is 10.1. The van der Waals surface area contributed by atoms with Gasteiger partial charge in [0.2, 0.25) is 5.91 Å². The van der Waals surface area contributed by atoms with Crippen molar-refractivity contribution in [2.75, 3.05) is 23.1 Å². The molecule has 3 amide bonds. The number of nitrogens with zero attached hydrogens (tertiary/aromatic N) is 5. The van der Waals surface area contributed by atoms with E-state index in [4.69, 9.17) is 9.47 Å². The van der Waals surface area contributed by atoms with Crippen molar-refractivity contribution in [2.24, 2.45) is 4.99 Å². The number of aliphatic imine (C=N–C) groups is 1. The van der Waals surface area contributed by atoms with Crippen molar-refractivity contribution < 1.29 is 37.0 Å². The molecule has 1 fully saturated rings. The van der Waals surface area contributed by atoms with E-state index in [0.717, 1.165) is 11.1 Å². The molecule has 45 heavy (non-hydrogen) atoms. The Morgan fingerprint density at radius 3 is 2.51 bits per heavy atom. The van der Waals surface area contributed by atoms with Crippen LogP contribution in [-0.2, 0) is 22.7 Å². The van der Waals surface area contributed by atoms with Gasteiger partial charge in [0.1, 0.15) is 24.4 Å². The number of hydrogen-bond donors (Lipinski definition) is 1. The van der Waals surface area contributed by atoms with Gasteiger partial charge in [0.15, 0.2) is 11.0 Å². The number of benzene rings is 3. The fraction of sp³-hybridized carbons (Fsp3) is 0.233. The molecule has 3 aromatic carbocycles. The number of halogens is 3. The number of anilines is 2. The molecule has 0 unspecified atom stereocenters. The van der Waals surface area contributed by atoms with Gasteiger partial charge in [-0.25, -0.2) is 14.5 Å². The van der Waals surface area contributed by atoms with Crippen molar-refractivity contribution in [1.29, 1.82) is 0 Å². The quantitative estimate of drug-likeness (QED) is 0.231. The monoisotopic (exact) mass is 640 g/mol. The molecule has 0 bridgehead atoms. The van der Waals surface area contributed by atoms with E-state index in [1.807, 2.05) is 25.1 Å². The second-order valence-corrected chi connectivity index (χ2v) is 10.8. The number of amides is 3. The maximum Gasteiger partial charge on any atom is 0.573 e. The minimum absolute atomic E-state index is 0.0200. The maximum absolute atomic E-state index is 12.9. The number of ether oxygens (including phenoxy) is 3. The third kappa shape index (κ3) is 7.99. The van der Waals surface area contributed by atoms with E-state index in [1.165, 1.54) is 51.9 Å². The Morgan fingerprint density at radius 1 is 1.04 bits per heavy atom. The molecule has 0 atom stereocenters. The molecule has 15 heteroatoms. The zero-order valence-electron chi connectivity index (χ0n) is 24.3. The van der Waals surface area contributed by atoms with E-state index >= 15 is 0 Å². The molecular formula is C30H27F3N6O5S. The molecule has 1 saturated heterocycles. The summed E-state index contributed by atoms with van der Waals surface area (Å²) in [5.41, 5.74) is 4.08. The number of alkyl halides is 3. The molecule has 11 nitrogen and oxygen atoms in total. The number of nitrogens with one attached hydrogen (secondary N) is 1. The largest absolute Gasteiger partial charge is 0.573 e. The SMILES string of the molecule is COCc1ccc(C)cc1N1C(=O)CSC1=NC(=O)Nc1ccc(OCc2ncn(-c3ccc(OC(F)(F)F)cc3)n2)cc1C. The van der Waals surface area contributed by atoms with Crippen molar-refractivity contribution in [3.8, 4) is 17.2 Å². The van der Waals surface area contributed by atoms with Crippen LogP contribution in [0, 0.1) is 13.8 Å². The molecule has 4 aromatic rings. The fourth-order valence-corrected chi connectivity index (χ4v) is 5.23. The molecular weight excluding hydrogens is 613 g/mol. The predicted octanol–water partition coefficient (Wildman–Crippen LogP) is 6.18. The van der Waals surface area contributed by atoms with Crippen LogP contribution >= 0.6 is 11.8 Å². The van der Waals surface area contributed by atoms with Gasteiger partial charge in [0.05, 0.1) is 23.7 Å². The molecule has 0 aliphatic carbocycles. The van der Waals surface area contributed by atoms with Crippen LogP contribution in [0.25, 0.3) is 5.69 Å². The topological polar surface area (TPSA) is 120 Å². The highest BCUT2D eigenvalue weighted by atomic mass is 32.2. The number of urea groups is 1. The molecule has 1 aliphatic heterocycles. The van der Waals surface area contributed by atoms with Crippen LogP contribution in [0.2, 0.25) is 0 Å². The van der Waals surface area contributed by atoms with Crippen LogP contribution in [0.1, 0.15) is 22.5 Å². The van der Waals surface area contributed by atoms with Gasteiger partial charge in [-0.15, -0.1) is 18.3 Å². The first kappa shape index (κ1) is 31.5. The molecule has 1 aromatic heterocycles. The van der Waals surface area contributed by atoms with Crippen molar-refractivity contribution in [2.45, 2.75) is 33.4 Å². The lowest BCUT2D eigenvalue weighted by Crippen LogP contribution is -2.31. The second-order valence-electron chi connectivity index (χ2n) is 9.82. The van der Waals surface area contributed by atoms with Crippen molar-refractivity contribution >= 4 is 40.2 Å². The first-order valence-electron chi connectivity index (χ1n) is 13.4. The number of methoxy groups -OCH3 is 1. The summed E-state index contributed by atoms with van der Waals surface area (Å²) >= 11 is 1.18. The number of carbonyl (C=O) groups is 2. The van der Waals surface area contributed by atoms with E-state index in [-0.39, 0.29) is 29.2 Å². The van der Waals surface area contributed by atoms with Gasteiger partial charge in [0, 0.05) is 18.4 Å². The third-order valence-electron chi connectivity index (χ3n) is 6.43. The number of hydrogen-bond acceptors (Lipinski definition) is 8. The van der Waals surface area contributed by atoms with Crippen molar-refractivity contribution in [3.05, 3.63) is 89.5 Å². The number of aryl methyl sites for hydroxylation is 2. The summed E-state index contributed by atoms with van der Waals surface area (Å²) in [6, 6.07) is 15.3. The maximum atomic E-state index is 12.9. The van der Waals surface area contributed by atoms with Gasteiger partial charge in [0.25, 0.3) is 0 Å². The molecule has 0 radical (unpaired) electrons. The smallest absolute Gasteiger partial charge is 0.486 e. The summed E-state index contributed by atoms with van der Waals surface area (Å²) in [7, 11) is 1.57. The summed E-state index contributed by atoms with van der Waals surface area (Å²) in [6.45, 7) is 4.03. The summed E-state index contributed by atoms with van der Waals surface area (Å²) in [6.07, 6.45) is -3.36. The first-order chi connectivity index (χ1) is 21.5. The van der Waals surface area contributed by atoms with Gasteiger partial charge in [-0.2, -0.15) is 4.99 Å². The normalized spacial score (nSPS) is 14.2. The fourth-order valence-electron chi connectivity index (χ4n) is 4.37. The summed E-state index contributed by atoms with van der Waals surface area (Å²) < 4.78 is 53.5. The highest BCUT2D eigenvalue weighted by Crippen LogP contribution is 2.31. The van der Waals surface area contributed by atoms with Gasteiger partial charge in [-0.05, 0) is 73.5 Å². The Balaban J connectivity index is 1.21. The molecule has 234 valence electrons. The van der Waals surface area contributed by atoms with Gasteiger partial charge >= 0.3 is 12.4 Å². The lowest BCUT2D eigenvalue weighted by Gasteiger charge is -2.20. The van der Waals surface area contributed by atoms with Crippen LogP contribution in [0.15, 0.2) is 72.0 Å². The Labute approximate surface area is 260 Å². The van der Waals surface area contributed by atoms with E-state index in [1.54, 1.807) is 32.2 Å². The average molecular weight is 641 g/mol. The lowest BCUT2D eigenvalue weighted by molar-refractivity contribution is -0.274. The Hall–Kier alpha value is -4.89. The Morgan fingerprint density at radius 2 is 1.80 bits per heavy atom. The number of rotatable bonds is 9. The second kappa shape index (κ2) is 13.4. The molecule has 1 aliphatic rings. The van der Waals surface area contributed by atoms with Crippen LogP contribution in [0.4, 0.5) is 29.3 Å². The zero-order chi connectivity index (χ0) is 32.1. The van der Waals surface area contributed by atoms with Crippen LogP contribution < -0.4 is 19.7 Å². The van der Waals surface area contributed by atoms with E-state index in [9.17, 15) is 22.8 Å². The van der Waals surface area contributed by atoms with Crippen LogP contribution in [-0.4, -0.2) is 51.1 Å².